The van der Waals surface area contributed by atoms with E-state index in [0.29, 0.717) is 11.7 Å². The monoisotopic (exact) mass is 272 g/mol. The summed E-state index contributed by atoms with van der Waals surface area (Å²) in [4.78, 5) is 0.230. The van der Waals surface area contributed by atoms with Crippen molar-refractivity contribution in [3.8, 4) is 0 Å². The van der Waals surface area contributed by atoms with Crippen LogP contribution in [0.2, 0.25) is 0 Å². The number of aryl methyl sites for hydroxylation is 1. The van der Waals surface area contributed by atoms with Gasteiger partial charge >= 0.3 is 0 Å². The molecule has 0 spiro atoms. The Labute approximate surface area is 108 Å². The van der Waals surface area contributed by atoms with E-state index in [2.05, 4.69) is 27.2 Å². The highest BCUT2D eigenvalue weighted by Gasteiger charge is 2.30. The fraction of sp³-hybridized carbons (Fsp3) is 0.727. The highest BCUT2D eigenvalue weighted by molar-refractivity contribution is 7.89. The molecule has 0 radical (unpaired) electrons. The maximum Gasteiger partial charge on any atom is 0.244 e. The average Bonchev–Trinajstić information content (AvgIpc) is 2.69. The predicted octanol–water partition coefficient (Wildman–Crippen LogP) is 0.525. The highest BCUT2D eigenvalue weighted by Crippen LogP contribution is 2.17. The molecule has 1 aromatic rings. The Kier molecular flexibility index (Phi) is 3.74. The number of H-pyrrole nitrogens is 1. The topological polar surface area (TPSA) is 86.9 Å². The van der Waals surface area contributed by atoms with Gasteiger partial charge in [0.05, 0.1) is 11.9 Å². The lowest BCUT2D eigenvalue weighted by Crippen LogP contribution is -2.54. The summed E-state index contributed by atoms with van der Waals surface area (Å²) in [6, 6.07) is 0.507. The van der Waals surface area contributed by atoms with Gasteiger partial charge in [-0.2, -0.15) is 5.10 Å². The van der Waals surface area contributed by atoms with E-state index in [9.17, 15) is 8.42 Å². The summed E-state index contributed by atoms with van der Waals surface area (Å²) in [6.45, 7) is 5.82. The third kappa shape index (κ3) is 2.73. The largest absolute Gasteiger partial charge is 0.310 e. The quantitative estimate of drug-likeness (QED) is 0.749. The molecular formula is C11H20N4O2S. The van der Waals surface area contributed by atoms with Crippen LogP contribution in [0.5, 0.6) is 0 Å². The minimum Gasteiger partial charge on any atom is -0.310 e. The minimum atomic E-state index is -3.48. The van der Waals surface area contributed by atoms with E-state index in [1.807, 2.05) is 6.92 Å². The zero-order chi connectivity index (χ0) is 13.3. The molecule has 18 heavy (non-hydrogen) atoms. The fourth-order valence-corrected chi connectivity index (χ4v) is 3.85. The normalized spacial score (nSPS) is 29.4. The van der Waals surface area contributed by atoms with Crippen LogP contribution in [-0.2, 0) is 10.0 Å². The maximum atomic E-state index is 12.2. The Bertz CT molecular complexity index is 511. The Morgan fingerprint density at radius 2 is 2.11 bits per heavy atom. The Balaban J connectivity index is 2.12. The van der Waals surface area contributed by atoms with Gasteiger partial charge in [-0.1, -0.05) is 0 Å². The number of sulfonamides is 1. The van der Waals surface area contributed by atoms with Crippen molar-refractivity contribution in [2.24, 2.45) is 0 Å². The summed E-state index contributed by atoms with van der Waals surface area (Å²) < 4.78 is 27.2. The molecular weight excluding hydrogens is 252 g/mol. The van der Waals surface area contributed by atoms with Crippen LogP contribution in [0.15, 0.2) is 11.1 Å². The van der Waals surface area contributed by atoms with E-state index in [-0.39, 0.29) is 17.0 Å². The first-order chi connectivity index (χ1) is 8.40. The maximum absolute atomic E-state index is 12.2. The number of hydrogen-bond donors (Lipinski definition) is 3. The Hall–Kier alpha value is -0.920. The third-order valence-electron chi connectivity index (χ3n) is 3.44. The van der Waals surface area contributed by atoms with Gasteiger partial charge in [0.1, 0.15) is 4.90 Å². The van der Waals surface area contributed by atoms with Crippen LogP contribution >= 0.6 is 0 Å². The third-order valence-corrected chi connectivity index (χ3v) is 5.05. The van der Waals surface area contributed by atoms with Crippen molar-refractivity contribution < 1.29 is 8.42 Å². The first-order valence-corrected chi connectivity index (χ1v) is 7.67. The first-order valence-electron chi connectivity index (χ1n) is 6.18. The van der Waals surface area contributed by atoms with Gasteiger partial charge in [0, 0.05) is 18.1 Å². The molecule has 0 amide bonds. The van der Waals surface area contributed by atoms with Gasteiger partial charge in [-0.15, -0.1) is 0 Å². The molecule has 1 saturated heterocycles. The number of piperidine rings is 1. The summed E-state index contributed by atoms with van der Waals surface area (Å²) in [6.07, 6.45) is 3.18. The second-order valence-corrected chi connectivity index (χ2v) is 6.70. The number of aromatic amines is 1. The summed E-state index contributed by atoms with van der Waals surface area (Å²) in [5.74, 6) is 0. The molecule has 0 aromatic carbocycles. The molecule has 3 atom stereocenters. The number of hydrogen-bond acceptors (Lipinski definition) is 4. The second-order valence-electron chi connectivity index (χ2n) is 5.02. The zero-order valence-corrected chi connectivity index (χ0v) is 11.7. The average molecular weight is 272 g/mol. The van der Waals surface area contributed by atoms with E-state index in [4.69, 9.17) is 0 Å². The molecule has 0 bridgehead atoms. The van der Waals surface area contributed by atoms with Crippen LogP contribution in [-0.4, -0.2) is 36.7 Å². The molecule has 3 N–H and O–H groups in total. The molecule has 1 aromatic heterocycles. The predicted molar refractivity (Wildman–Crippen MR) is 68.7 cm³/mol. The molecule has 2 heterocycles. The van der Waals surface area contributed by atoms with Gasteiger partial charge in [-0.05, 0) is 33.6 Å². The van der Waals surface area contributed by atoms with E-state index in [0.717, 1.165) is 12.8 Å². The molecule has 0 saturated carbocycles. The van der Waals surface area contributed by atoms with Gasteiger partial charge < -0.3 is 5.32 Å². The van der Waals surface area contributed by atoms with Crippen LogP contribution in [0.25, 0.3) is 0 Å². The molecule has 1 aliphatic heterocycles. The molecule has 102 valence electrons. The van der Waals surface area contributed by atoms with Crippen LogP contribution in [0.3, 0.4) is 0 Å². The van der Waals surface area contributed by atoms with Crippen molar-refractivity contribution in [2.75, 3.05) is 0 Å². The van der Waals surface area contributed by atoms with Crippen molar-refractivity contribution in [3.05, 3.63) is 11.9 Å². The lowest BCUT2D eigenvalue weighted by atomic mass is 9.96. The Morgan fingerprint density at radius 1 is 1.39 bits per heavy atom. The van der Waals surface area contributed by atoms with Crippen molar-refractivity contribution in [2.45, 2.75) is 56.6 Å². The molecule has 0 aliphatic carbocycles. The molecule has 6 nitrogen and oxygen atoms in total. The first kappa shape index (κ1) is 13.5. The summed E-state index contributed by atoms with van der Waals surface area (Å²) >= 11 is 0. The van der Waals surface area contributed by atoms with Crippen LogP contribution in [0, 0.1) is 6.92 Å². The smallest absolute Gasteiger partial charge is 0.244 e. The van der Waals surface area contributed by atoms with Gasteiger partial charge in [0.15, 0.2) is 0 Å². The van der Waals surface area contributed by atoms with Crippen LogP contribution in [0.4, 0.5) is 0 Å². The van der Waals surface area contributed by atoms with Crippen LogP contribution in [0.1, 0.15) is 32.4 Å². The zero-order valence-electron chi connectivity index (χ0n) is 10.9. The number of nitrogens with zero attached hydrogens (tertiary/aromatic N) is 1. The van der Waals surface area contributed by atoms with Crippen molar-refractivity contribution in [1.29, 1.82) is 0 Å². The molecule has 1 aliphatic rings. The lowest BCUT2D eigenvalue weighted by Gasteiger charge is -2.34. The Morgan fingerprint density at radius 3 is 2.67 bits per heavy atom. The van der Waals surface area contributed by atoms with E-state index in [1.165, 1.54) is 6.20 Å². The minimum absolute atomic E-state index is 0.0690. The molecule has 7 heteroatoms. The van der Waals surface area contributed by atoms with E-state index >= 15 is 0 Å². The molecule has 2 rings (SSSR count). The van der Waals surface area contributed by atoms with Crippen LogP contribution < -0.4 is 10.0 Å². The SMILES string of the molecule is Cc1[nH]ncc1S(=O)(=O)NC1CCC(C)NC1C. The van der Waals surface area contributed by atoms with Crippen molar-refractivity contribution >= 4 is 10.0 Å². The summed E-state index contributed by atoms with van der Waals surface area (Å²) in [5, 5.41) is 9.76. The molecule has 1 fully saturated rings. The van der Waals surface area contributed by atoms with Crippen molar-refractivity contribution in [1.82, 2.24) is 20.2 Å². The van der Waals surface area contributed by atoms with Gasteiger partial charge in [0.25, 0.3) is 0 Å². The van der Waals surface area contributed by atoms with Crippen molar-refractivity contribution in [3.63, 3.8) is 0 Å². The summed E-state index contributed by atoms with van der Waals surface area (Å²) in [5.41, 5.74) is 0.562. The second kappa shape index (κ2) is 4.99. The van der Waals surface area contributed by atoms with E-state index in [1.54, 1.807) is 6.92 Å². The van der Waals surface area contributed by atoms with Gasteiger partial charge in [0.2, 0.25) is 10.0 Å². The highest BCUT2D eigenvalue weighted by atomic mass is 32.2. The fourth-order valence-electron chi connectivity index (χ4n) is 2.36. The van der Waals surface area contributed by atoms with Gasteiger partial charge in [-0.25, -0.2) is 13.1 Å². The lowest BCUT2D eigenvalue weighted by molar-refractivity contribution is 0.297. The standard InChI is InChI=1S/C11H20N4O2S/c1-7-4-5-10(8(2)13-7)15-18(16,17)11-6-12-14-9(11)3/h6-8,10,13,15H,4-5H2,1-3H3,(H,12,14). The summed E-state index contributed by atoms with van der Waals surface area (Å²) in [7, 11) is -3.48. The van der Waals surface area contributed by atoms with E-state index < -0.39 is 10.0 Å². The number of aromatic nitrogens is 2. The van der Waals surface area contributed by atoms with Gasteiger partial charge in [-0.3, -0.25) is 5.10 Å². The number of rotatable bonds is 3. The number of nitrogens with one attached hydrogen (secondary N) is 3. The molecule has 3 unspecified atom stereocenters.